The molecule has 2 atom stereocenters. The molecule has 5 heteroatoms. The Hall–Kier alpha value is -6.46. The van der Waals surface area contributed by atoms with E-state index >= 15 is 0 Å². The minimum Gasteiger partial charge on any atom is -0.456 e. The number of para-hydroxylation sites is 1. The standard InChI is InChI=1S/C44H30N4O/c1-3-11-29-25-31(21-19-27(29)9-1)42-46-43(32-22-20-28-10-2-4-12-30(28)26-32)48-44(47-42)36-17-8-14-33-34(36)15-7-16-35(33)41-40-37-13-5-6-18-38(37)49-39(40)23-24-45-41/h1-26,41-42,45H,(H,46,47,48). The molecule has 0 bridgehead atoms. The maximum atomic E-state index is 6.26. The maximum absolute atomic E-state index is 6.26. The second-order valence-corrected chi connectivity index (χ2v) is 12.7. The van der Waals surface area contributed by atoms with E-state index < -0.39 is 0 Å². The average molecular weight is 631 g/mol. The molecule has 0 spiro atoms. The van der Waals surface area contributed by atoms with Gasteiger partial charge in [0.1, 0.15) is 23.3 Å². The molecule has 2 aliphatic heterocycles. The van der Waals surface area contributed by atoms with Crippen molar-refractivity contribution in [3.8, 4) is 0 Å². The third kappa shape index (κ3) is 4.62. The lowest BCUT2D eigenvalue weighted by molar-refractivity contribution is 0.582. The van der Waals surface area contributed by atoms with Crippen LogP contribution in [-0.2, 0) is 0 Å². The van der Waals surface area contributed by atoms with E-state index in [-0.39, 0.29) is 12.2 Å². The van der Waals surface area contributed by atoms with E-state index in [0.29, 0.717) is 5.84 Å². The largest absolute Gasteiger partial charge is 0.456 e. The fraction of sp³-hybridized carbons (Fsp3) is 0.0455. The molecule has 0 fully saturated rings. The predicted molar refractivity (Wildman–Crippen MR) is 201 cm³/mol. The normalized spacial score (nSPS) is 17.1. The molecule has 5 nitrogen and oxygen atoms in total. The summed E-state index contributed by atoms with van der Waals surface area (Å²) in [6.07, 6.45) is 3.69. The molecule has 8 aromatic rings. The Bertz CT molecular complexity index is 2700. The molecule has 49 heavy (non-hydrogen) atoms. The number of rotatable bonds is 4. The van der Waals surface area contributed by atoms with Crippen molar-refractivity contribution in [1.29, 1.82) is 0 Å². The minimum atomic E-state index is -0.318. The molecule has 3 heterocycles. The van der Waals surface area contributed by atoms with E-state index in [0.717, 1.165) is 55.6 Å². The molecule has 0 amide bonds. The molecular formula is C44H30N4O. The summed E-state index contributed by atoms with van der Waals surface area (Å²) in [5.41, 5.74) is 6.33. The summed E-state index contributed by atoms with van der Waals surface area (Å²) >= 11 is 0. The van der Waals surface area contributed by atoms with Crippen LogP contribution in [0.4, 0.5) is 0 Å². The van der Waals surface area contributed by atoms with Crippen molar-refractivity contribution < 1.29 is 4.42 Å². The first-order chi connectivity index (χ1) is 24.3. The number of hydrogen-bond acceptors (Lipinski definition) is 5. The lowest BCUT2D eigenvalue weighted by Crippen LogP contribution is -2.33. The van der Waals surface area contributed by atoms with Gasteiger partial charge in [0.15, 0.2) is 5.84 Å². The zero-order valence-electron chi connectivity index (χ0n) is 26.5. The molecule has 2 N–H and O–H groups in total. The van der Waals surface area contributed by atoms with Crippen LogP contribution in [0.3, 0.4) is 0 Å². The highest BCUT2D eigenvalue weighted by Gasteiger charge is 2.27. The molecular weight excluding hydrogens is 601 g/mol. The molecule has 2 unspecified atom stereocenters. The fourth-order valence-corrected chi connectivity index (χ4v) is 7.44. The lowest BCUT2D eigenvalue weighted by Gasteiger charge is -2.25. The van der Waals surface area contributed by atoms with Gasteiger partial charge in [-0.3, -0.25) is 0 Å². The van der Waals surface area contributed by atoms with Crippen LogP contribution in [0.5, 0.6) is 0 Å². The maximum Gasteiger partial charge on any atom is 0.160 e. The highest BCUT2D eigenvalue weighted by Crippen LogP contribution is 2.40. The third-order valence-corrected chi connectivity index (χ3v) is 9.81. The fourth-order valence-electron chi connectivity index (χ4n) is 7.44. The van der Waals surface area contributed by atoms with Gasteiger partial charge in [0.2, 0.25) is 0 Å². The molecule has 2 aliphatic rings. The van der Waals surface area contributed by atoms with Gasteiger partial charge in [0, 0.05) is 28.3 Å². The van der Waals surface area contributed by atoms with Crippen LogP contribution in [-0.4, -0.2) is 11.7 Å². The Morgan fingerprint density at radius 2 is 1.31 bits per heavy atom. The zero-order chi connectivity index (χ0) is 32.3. The molecule has 10 rings (SSSR count). The van der Waals surface area contributed by atoms with Gasteiger partial charge >= 0.3 is 0 Å². The Morgan fingerprint density at radius 1 is 0.592 bits per heavy atom. The van der Waals surface area contributed by atoms with Crippen molar-refractivity contribution in [2.75, 3.05) is 0 Å². The molecule has 0 saturated heterocycles. The van der Waals surface area contributed by atoms with Crippen LogP contribution in [0.15, 0.2) is 166 Å². The van der Waals surface area contributed by atoms with Crippen molar-refractivity contribution in [2.24, 2.45) is 9.98 Å². The molecule has 0 aliphatic carbocycles. The summed E-state index contributed by atoms with van der Waals surface area (Å²) in [4.78, 5) is 10.5. The number of amidine groups is 2. The van der Waals surface area contributed by atoms with E-state index in [4.69, 9.17) is 14.4 Å². The zero-order valence-corrected chi connectivity index (χ0v) is 26.5. The van der Waals surface area contributed by atoms with Crippen LogP contribution < -0.4 is 10.6 Å². The predicted octanol–water partition coefficient (Wildman–Crippen LogP) is 10.1. The molecule has 7 aromatic carbocycles. The SMILES string of the molecule is C1=Cc2oc3ccccc3c2C(c2cccc3c(C4=NC(c5ccc6ccccc6c5)NC(c5ccc6ccccc6c5)=N4)cccc23)N1. The number of aliphatic imine (C=N–C) groups is 2. The highest BCUT2D eigenvalue weighted by atomic mass is 16.3. The topological polar surface area (TPSA) is 61.9 Å². The summed E-state index contributed by atoms with van der Waals surface area (Å²) < 4.78 is 6.26. The van der Waals surface area contributed by atoms with Gasteiger partial charge in [0.05, 0.1) is 6.04 Å². The smallest absolute Gasteiger partial charge is 0.160 e. The Kier molecular flexibility index (Phi) is 6.24. The van der Waals surface area contributed by atoms with Gasteiger partial charge in [-0.25, -0.2) is 9.98 Å². The number of nitrogens with one attached hydrogen (secondary N) is 2. The van der Waals surface area contributed by atoms with Gasteiger partial charge in [-0.15, -0.1) is 0 Å². The number of fused-ring (bicyclic) bond motifs is 6. The summed E-state index contributed by atoms with van der Waals surface area (Å²) in [6.45, 7) is 0. The van der Waals surface area contributed by atoms with Crippen molar-refractivity contribution in [3.05, 3.63) is 185 Å². The lowest BCUT2D eigenvalue weighted by atomic mass is 9.89. The van der Waals surface area contributed by atoms with E-state index in [9.17, 15) is 0 Å². The molecule has 0 saturated carbocycles. The van der Waals surface area contributed by atoms with Crippen molar-refractivity contribution >= 4 is 61.0 Å². The van der Waals surface area contributed by atoms with Gasteiger partial charge < -0.3 is 15.1 Å². The quantitative estimate of drug-likeness (QED) is 0.203. The van der Waals surface area contributed by atoms with Gasteiger partial charge in [-0.05, 0) is 67.7 Å². The average Bonchev–Trinajstić information content (AvgIpc) is 3.56. The molecule has 0 radical (unpaired) electrons. The first kappa shape index (κ1) is 27.6. The van der Waals surface area contributed by atoms with Gasteiger partial charge in [0.25, 0.3) is 0 Å². The van der Waals surface area contributed by atoms with Crippen LogP contribution >= 0.6 is 0 Å². The highest BCUT2D eigenvalue weighted by molar-refractivity contribution is 6.18. The summed E-state index contributed by atoms with van der Waals surface area (Å²) in [7, 11) is 0. The van der Waals surface area contributed by atoms with E-state index in [2.05, 4.69) is 144 Å². The molecule has 1 aromatic heterocycles. The Labute approximate surface area is 283 Å². The minimum absolute atomic E-state index is 0.0698. The first-order valence-corrected chi connectivity index (χ1v) is 16.6. The van der Waals surface area contributed by atoms with Crippen molar-refractivity contribution in [3.63, 3.8) is 0 Å². The summed E-state index contributed by atoms with van der Waals surface area (Å²) in [5.74, 6) is 2.40. The van der Waals surface area contributed by atoms with E-state index in [1.54, 1.807) is 0 Å². The van der Waals surface area contributed by atoms with Crippen LogP contribution in [0.1, 0.15) is 45.8 Å². The molecule has 232 valence electrons. The van der Waals surface area contributed by atoms with Crippen LogP contribution in [0.2, 0.25) is 0 Å². The van der Waals surface area contributed by atoms with Crippen molar-refractivity contribution in [2.45, 2.75) is 12.2 Å². The van der Waals surface area contributed by atoms with E-state index in [1.807, 2.05) is 24.4 Å². The monoisotopic (exact) mass is 630 g/mol. The third-order valence-electron chi connectivity index (χ3n) is 9.81. The second kappa shape index (κ2) is 11.1. The number of nitrogens with zero attached hydrogens (tertiary/aromatic N) is 2. The second-order valence-electron chi connectivity index (χ2n) is 12.7. The van der Waals surface area contributed by atoms with Crippen LogP contribution in [0.25, 0.3) is 49.4 Å². The summed E-state index contributed by atoms with van der Waals surface area (Å²) in [6, 6.07) is 51.2. The number of hydrogen-bond donors (Lipinski definition) is 2. The van der Waals surface area contributed by atoms with Gasteiger partial charge in [-0.2, -0.15) is 0 Å². The van der Waals surface area contributed by atoms with E-state index in [1.165, 1.54) is 27.1 Å². The Morgan fingerprint density at radius 3 is 2.18 bits per heavy atom. The Balaban J connectivity index is 1.14. The van der Waals surface area contributed by atoms with Crippen molar-refractivity contribution in [1.82, 2.24) is 10.6 Å². The first-order valence-electron chi connectivity index (χ1n) is 16.6. The number of furan rings is 1. The number of benzene rings is 7. The van der Waals surface area contributed by atoms with Crippen LogP contribution in [0, 0.1) is 0 Å². The summed E-state index contributed by atoms with van der Waals surface area (Å²) in [5, 5.41) is 15.5. The van der Waals surface area contributed by atoms with Gasteiger partial charge in [-0.1, -0.05) is 127 Å².